The van der Waals surface area contributed by atoms with Crippen LogP contribution in [0.5, 0.6) is 0 Å². The molecule has 0 amide bonds. The zero-order chi connectivity index (χ0) is 16.3. The van der Waals surface area contributed by atoms with Gasteiger partial charge < -0.3 is 19.1 Å². The van der Waals surface area contributed by atoms with E-state index in [2.05, 4.69) is 4.74 Å². The van der Waals surface area contributed by atoms with Gasteiger partial charge in [0.25, 0.3) is 0 Å². The molecule has 0 fully saturated rings. The van der Waals surface area contributed by atoms with Gasteiger partial charge in [-0.2, -0.15) is 0 Å². The largest absolute Gasteiger partial charge is 0.466 e. The second-order valence-corrected chi connectivity index (χ2v) is 4.72. The van der Waals surface area contributed by atoms with Gasteiger partial charge >= 0.3 is 11.9 Å². The highest BCUT2D eigenvalue weighted by molar-refractivity contribution is 6.30. The molecule has 0 bridgehead atoms. The van der Waals surface area contributed by atoms with E-state index in [0.717, 1.165) is 6.07 Å². The smallest absolute Gasteiger partial charge is 0.355 e. The Kier molecular flexibility index (Phi) is 4.99. The topological polar surface area (TPSA) is 65.1 Å². The number of halogens is 2. The molecule has 1 aromatic carbocycles. The molecule has 0 spiro atoms. The number of rotatable bonds is 3. The van der Waals surface area contributed by atoms with Crippen molar-refractivity contribution in [3.8, 4) is 0 Å². The lowest BCUT2D eigenvalue weighted by atomic mass is 10.1. The molecule has 1 heterocycles. The first-order chi connectivity index (χ1) is 10.5. The highest BCUT2D eigenvalue weighted by atomic mass is 35.5. The van der Waals surface area contributed by atoms with Crippen molar-refractivity contribution >= 4 is 29.2 Å². The van der Waals surface area contributed by atoms with Crippen LogP contribution in [0.3, 0.4) is 0 Å². The quantitative estimate of drug-likeness (QED) is 0.789. The van der Waals surface area contributed by atoms with Gasteiger partial charge in [-0.05, 0) is 18.2 Å². The van der Waals surface area contributed by atoms with Gasteiger partial charge in [-0.15, -0.1) is 0 Å². The van der Waals surface area contributed by atoms with Crippen molar-refractivity contribution in [1.82, 2.24) is 0 Å². The highest BCUT2D eigenvalue weighted by Crippen LogP contribution is 2.29. The lowest BCUT2D eigenvalue weighted by molar-refractivity contribution is -0.140. The first-order valence-electron chi connectivity index (χ1n) is 6.19. The fourth-order valence-corrected chi connectivity index (χ4v) is 2.12. The fraction of sp³-hybridized carbons (Fsp3) is 0.286. The van der Waals surface area contributed by atoms with Crippen molar-refractivity contribution in [3.05, 3.63) is 40.3 Å². The molecule has 0 saturated heterocycles. The maximum Gasteiger partial charge on any atom is 0.355 e. The molecular formula is C14H13ClFNO5. The maximum absolute atomic E-state index is 13.6. The summed E-state index contributed by atoms with van der Waals surface area (Å²) in [7, 11) is 2.37. The van der Waals surface area contributed by atoms with Crippen molar-refractivity contribution in [2.75, 3.05) is 32.5 Å². The summed E-state index contributed by atoms with van der Waals surface area (Å²) < 4.78 is 28.2. The average Bonchev–Trinajstić information content (AvgIpc) is 2.55. The van der Waals surface area contributed by atoms with Gasteiger partial charge in [-0.25, -0.2) is 14.0 Å². The zero-order valence-corrected chi connectivity index (χ0v) is 12.6. The second kappa shape index (κ2) is 6.76. The van der Waals surface area contributed by atoms with Gasteiger partial charge in [0.15, 0.2) is 0 Å². The Morgan fingerprint density at radius 2 is 1.95 bits per heavy atom. The monoisotopic (exact) mass is 329 g/mol. The van der Waals surface area contributed by atoms with Gasteiger partial charge in [0, 0.05) is 5.69 Å². The maximum atomic E-state index is 13.6. The summed E-state index contributed by atoms with van der Waals surface area (Å²) >= 11 is 5.64. The number of hydrogen-bond acceptors (Lipinski definition) is 6. The third-order valence-electron chi connectivity index (χ3n) is 3.05. The molecule has 22 heavy (non-hydrogen) atoms. The van der Waals surface area contributed by atoms with Crippen LogP contribution < -0.4 is 4.90 Å². The van der Waals surface area contributed by atoms with Gasteiger partial charge in [-0.3, -0.25) is 0 Å². The first kappa shape index (κ1) is 16.3. The van der Waals surface area contributed by atoms with Gasteiger partial charge in [0.2, 0.25) is 0 Å². The number of methoxy groups -OCH3 is 2. The molecule has 6 nitrogen and oxygen atoms in total. The molecule has 1 aliphatic heterocycles. The Balaban J connectivity index is 2.54. The number of ether oxygens (including phenoxy) is 3. The first-order valence-corrected chi connectivity index (χ1v) is 6.57. The van der Waals surface area contributed by atoms with Crippen LogP contribution in [0.4, 0.5) is 10.1 Å². The molecule has 0 unspecified atom stereocenters. The molecule has 1 aromatic rings. The molecule has 118 valence electrons. The average molecular weight is 330 g/mol. The molecule has 0 aliphatic carbocycles. The van der Waals surface area contributed by atoms with Gasteiger partial charge in [0.05, 0.1) is 31.4 Å². The fourth-order valence-electron chi connectivity index (χ4n) is 2.00. The minimum Gasteiger partial charge on any atom is -0.466 e. The van der Waals surface area contributed by atoms with E-state index in [1.807, 2.05) is 0 Å². The normalized spacial score (nSPS) is 14.8. The van der Waals surface area contributed by atoms with Crippen LogP contribution in [0, 0.1) is 5.82 Å². The molecule has 0 atom stereocenters. The number of anilines is 1. The third kappa shape index (κ3) is 3.05. The van der Waals surface area contributed by atoms with Crippen LogP contribution >= 0.6 is 11.6 Å². The third-order valence-corrected chi connectivity index (χ3v) is 3.35. The SMILES string of the molecule is COC(=O)C1=C(C(=O)OC)N(c2ccc(Cl)c(F)c2)COC1. The van der Waals surface area contributed by atoms with E-state index >= 15 is 0 Å². The van der Waals surface area contributed by atoms with Gasteiger partial charge in [-0.1, -0.05) is 11.6 Å². The second-order valence-electron chi connectivity index (χ2n) is 4.31. The molecule has 0 radical (unpaired) electrons. The van der Waals surface area contributed by atoms with Crippen LogP contribution in [0.1, 0.15) is 0 Å². The number of carbonyl (C=O) groups is 2. The summed E-state index contributed by atoms with van der Waals surface area (Å²) in [5, 5.41) is -0.0570. The Bertz CT molecular complexity index is 646. The van der Waals surface area contributed by atoms with Crippen LogP contribution in [-0.2, 0) is 23.8 Å². The van der Waals surface area contributed by atoms with Crippen LogP contribution in [0.15, 0.2) is 29.5 Å². The molecule has 2 rings (SSSR count). The Morgan fingerprint density at radius 1 is 1.27 bits per heavy atom. The predicted molar refractivity (Wildman–Crippen MR) is 75.8 cm³/mol. The lowest BCUT2D eigenvalue weighted by Gasteiger charge is -2.31. The number of nitrogens with zero attached hydrogens (tertiary/aromatic N) is 1. The highest BCUT2D eigenvalue weighted by Gasteiger charge is 2.32. The van der Waals surface area contributed by atoms with E-state index in [1.165, 1.54) is 31.3 Å². The molecule has 1 aliphatic rings. The van der Waals surface area contributed by atoms with Crippen molar-refractivity contribution in [3.63, 3.8) is 0 Å². The van der Waals surface area contributed by atoms with Crippen molar-refractivity contribution < 1.29 is 28.2 Å². The Morgan fingerprint density at radius 3 is 2.55 bits per heavy atom. The molecule has 0 saturated carbocycles. The van der Waals surface area contributed by atoms with Crippen molar-refractivity contribution in [2.24, 2.45) is 0 Å². The summed E-state index contributed by atoms with van der Waals surface area (Å²) in [5.41, 5.74) is 0.238. The van der Waals surface area contributed by atoms with Gasteiger partial charge in [0.1, 0.15) is 18.2 Å². The van der Waals surface area contributed by atoms with Crippen molar-refractivity contribution in [1.29, 1.82) is 0 Å². The van der Waals surface area contributed by atoms with Crippen LogP contribution in [-0.4, -0.2) is 39.5 Å². The summed E-state index contributed by atoms with van der Waals surface area (Å²) in [5.74, 6) is -2.13. The summed E-state index contributed by atoms with van der Waals surface area (Å²) in [4.78, 5) is 25.2. The Hall–Kier alpha value is -2.12. The minimum absolute atomic E-state index is 0.00374. The molecule has 0 N–H and O–H groups in total. The molecular weight excluding hydrogens is 317 g/mol. The summed E-state index contributed by atoms with van der Waals surface area (Å²) in [6, 6.07) is 3.97. The molecule has 0 aromatic heterocycles. The Labute approximate surface area is 131 Å². The predicted octanol–water partition coefficient (Wildman–Crippen LogP) is 1.87. The molecule has 8 heteroatoms. The van der Waals surface area contributed by atoms with E-state index in [1.54, 1.807) is 0 Å². The lowest BCUT2D eigenvalue weighted by Crippen LogP contribution is -2.38. The van der Waals surface area contributed by atoms with E-state index < -0.39 is 17.8 Å². The van der Waals surface area contributed by atoms with Crippen LogP contribution in [0.2, 0.25) is 5.02 Å². The van der Waals surface area contributed by atoms with E-state index in [9.17, 15) is 14.0 Å². The van der Waals surface area contributed by atoms with E-state index in [0.29, 0.717) is 5.69 Å². The number of carbonyl (C=O) groups excluding carboxylic acids is 2. The van der Waals surface area contributed by atoms with Crippen LogP contribution in [0.25, 0.3) is 0 Å². The van der Waals surface area contributed by atoms with E-state index in [4.69, 9.17) is 21.1 Å². The standard InChI is InChI=1S/C14H13ClFNO5/c1-20-13(18)9-6-22-7-17(12(9)14(19)21-2)8-3-4-10(15)11(16)5-8/h3-5H,6-7H2,1-2H3. The number of hydrogen-bond donors (Lipinski definition) is 0. The van der Waals surface area contributed by atoms with Crippen molar-refractivity contribution in [2.45, 2.75) is 0 Å². The zero-order valence-electron chi connectivity index (χ0n) is 11.9. The number of esters is 2. The minimum atomic E-state index is -0.751. The summed E-state index contributed by atoms with van der Waals surface area (Å²) in [6.07, 6.45) is 0. The van der Waals surface area contributed by atoms with E-state index in [-0.39, 0.29) is 29.6 Å². The number of benzene rings is 1. The summed E-state index contributed by atoms with van der Waals surface area (Å²) in [6.45, 7) is -0.157.